The van der Waals surface area contributed by atoms with Crippen LogP contribution in [0.1, 0.15) is 51.2 Å². The molecule has 1 aromatic rings. The quantitative estimate of drug-likeness (QED) is 0.486. The Hall–Kier alpha value is -2.49. The molecule has 0 aliphatic carbocycles. The maximum absolute atomic E-state index is 14.4. The van der Waals surface area contributed by atoms with Crippen LogP contribution in [0, 0.1) is 6.92 Å². The summed E-state index contributed by atoms with van der Waals surface area (Å²) in [7, 11) is 1.87. The Morgan fingerprint density at radius 3 is 2.56 bits per heavy atom. The molecule has 2 nitrogen and oxygen atoms in total. The Labute approximate surface area is 162 Å². The molecule has 0 bridgehead atoms. The molecule has 0 saturated carbocycles. The van der Waals surface area contributed by atoms with Gasteiger partial charge >= 0.3 is 0 Å². The molecule has 1 aromatic heterocycles. The molecule has 0 aliphatic rings. The minimum absolute atomic E-state index is 0.497. The Bertz CT molecular complexity index is 768. The van der Waals surface area contributed by atoms with Crippen molar-refractivity contribution in [2.75, 3.05) is 7.05 Å². The van der Waals surface area contributed by atoms with E-state index in [-0.39, 0.29) is 0 Å². The molecule has 0 spiro atoms. The summed E-state index contributed by atoms with van der Waals surface area (Å²) in [5.74, 6) is -1.08. The van der Waals surface area contributed by atoms with Crippen LogP contribution in [0.15, 0.2) is 71.3 Å². The highest BCUT2D eigenvalue weighted by molar-refractivity contribution is 5.58. The van der Waals surface area contributed by atoms with E-state index >= 15 is 0 Å². The van der Waals surface area contributed by atoms with Crippen LogP contribution in [0.2, 0.25) is 0 Å². The number of nitrogens with one attached hydrogen (secondary N) is 1. The number of nitrogens with zero attached hydrogens (tertiary/aromatic N) is 1. The summed E-state index contributed by atoms with van der Waals surface area (Å²) in [5, 5.41) is 3.12. The van der Waals surface area contributed by atoms with E-state index in [0.29, 0.717) is 24.8 Å². The SMILES string of the molecule is C\C=C(F)/C=C(F)\C(=C\CC)CCC(=C/c1ccncc1C)/C=C(/C)NC. The molecule has 0 aromatic carbocycles. The van der Waals surface area contributed by atoms with Gasteiger partial charge in [-0.2, -0.15) is 0 Å². The van der Waals surface area contributed by atoms with Gasteiger partial charge in [-0.3, -0.25) is 4.98 Å². The van der Waals surface area contributed by atoms with Crippen LogP contribution < -0.4 is 5.32 Å². The lowest BCUT2D eigenvalue weighted by Crippen LogP contribution is -2.02. The zero-order valence-corrected chi connectivity index (χ0v) is 16.9. The Balaban J connectivity index is 3.13. The second kappa shape index (κ2) is 12.0. The number of halogens is 2. The summed E-state index contributed by atoms with van der Waals surface area (Å²) < 4.78 is 27.8. The van der Waals surface area contributed by atoms with Gasteiger partial charge in [0.1, 0.15) is 11.7 Å². The number of hydrogen-bond acceptors (Lipinski definition) is 2. The van der Waals surface area contributed by atoms with Crippen molar-refractivity contribution in [3.63, 3.8) is 0 Å². The van der Waals surface area contributed by atoms with Gasteiger partial charge in [0.05, 0.1) is 0 Å². The molecule has 0 saturated heterocycles. The highest BCUT2D eigenvalue weighted by Crippen LogP contribution is 2.25. The van der Waals surface area contributed by atoms with Crippen molar-refractivity contribution in [1.82, 2.24) is 10.3 Å². The Morgan fingerprint density at radius 2 is 1.96 bits per heavy atom. The van der Waals surface area contributed by atoms with Crippen LogP contribution >= 0.6 is 0 Å². The first-order chi connectivity index (χ1) is 12.9. The van der Waals surface area contributed by atoms with Crippen LogP contribution in [0.25, 0.3) is 6.08 Å². The number of aromatic nitrogens is 1. The smallest absolute Gasteiger partial charge is 0.128 e. The third-order valence-electron chi connectivity index (χ3n) is 4.18. The predicted molar refractivity (Wildman–Crippen MR) is 111 cm³/mol. The molecule has 4 heteroatoms. The van der Waals surface area contributed by atoms with Crippen molar-refractivity contribution >= 4 is 6.08 Å². The summed E-state index contributed by atoms with van der Waals surface area (Å²) in [5.41, 5.74) is 4.78. The van der Waals surface area contributed by atoms with E-state index in [2.05, 4.69) is 22.5 Å². The minimum atomic E-state index is -0.566. The average molecular weight is 373 g/mol. The fraction of sp³-hybridized carbons (Fsp3) is 0.348. The Morgan fingerprint density at radius 1 is 1.22 bits per heavy atom. The summed E-state index contributed by atoms with van der Waals surface area (Å²) >= 11 is 0. The second-order valence-electron chi connectivity index (χ2n) is 6.33. The standard InChI is InChI=1S/C23H30F2N2/c1-6-8-20(23(25)15-22(24)7-2)10-9-19(13-18(4)26-5)14-21-11-12-27-16-17(21)3/h7-8,11-16,26H,6,9-10H2,1-5H3/b18-13-,19-14-,20-8+,22-7+,23-15+. The second-order valence-corrected chi connectivity index (χ2v) is 6.33. The molecule has 146 valence electrons. The molecule has 0 fully saturated rings. The molecule has 0 amide bonds. The first-order valence-corrected chi connectivity index (χ1v) is 9.26. The van der Waals surface area contributed by atoms with Crippen molar-refractivity contribution < 1.29 is 8.78 Å². The van der Waals surface area contributed by atoms with E-state index in [9.17, 15) is 8.78 Å². The number of aryl methyl sites for hydroxylation is 1. The lowest BCUT2D eigenvalue weighted by molar-refractivity contribution is 0.612. The van der Waals surface area contributed by atoms with Gasteiger partial charge in [-0.05, 0) is 74.4 Å². The largest absolute Gasteiger partial charge is 0.392 e. The zero-order valence-electron chi connectivity index (χ0n) is 16.9. The molecule has 0 atom stereocenters. The van der Waals surface area contributed by atoms with Crippen molar-refractivity contribution in [2.45, 2.75) is 47.0 Å². The molecular weight excluding hydrogens is 342 g/mol. The first-order valence-electron chi connectivity index (χ1n) is 9.26. The summed E-state index contributed by atoms with van der Waals surface area (Å²) in [6.45, 7) is 7.49. The number of allylic oxidation sites excluding steroid dienone is 9. The van der Waals surface area contributed by atoms with E-state index in [4.69, 9.17) is 0 Å². The summed E-state index contributed by atoms with van der Waals surface area (Å²) in [6.07, 6.45) is 13.6. The molecular formula is C23H30F2N2. The van der Waals surface area contributed by atoms with Crippen LogP contribution in [0.3, 0.4) is 0 Å². The highest BCUT2D eigenvalue weighted by atomic mass is 19.1. The van der Waals surface area contributed by atoms with Gasteiger partial charge in [-0.25, -0.2) is 8.78 Å². The monoisotopic (exact) mass is 372 g/mol. The van der Waals surface area contributed by atoms with E-state index in [1.54, 1.807) is 13.1 Å². The van der Waals surface area contributed by atoms with Crippen LogP contribution in [0.5, 0.6) is 0 Å². The third kappa shape index (κ3) is 8.16. The van der Waals surface area contributed by atoms with Crippen LogP contribution in [-0.2, 0) is 0 Å². The third-order valence-corrected chi connectivity index (χ3v) is 4.18. The lowest BCUT2D eigenvalue weighted by atomic mass is 9.99. The van der Waals surface area contributed by atoms with Crippen molar-refractivity contribution in [3.8, 4) is 0 Å². The van der Waals surface area contributed by atoms with E-state index in [1.807, 2.05) is 46.2 Å². The maximum Gasteiger partial charge on any atom is 0.128 e. The summed E-state index contributed by atoms with van der Waals surface area (Å²) in [6, 6.07) is 1.96. The molecule has 1 N–H and O–H groups in total. The van der Waals surface area contributed by atoms with Gasteiger partial charge in [-0.1, -0.05) is 25.2 Å². The van der Waals surface area contributed by atoms with Gasteiger partial charge < -0.3 is 5.32 Å². The molecule has 0 aliphatic heterocycles. The maximum atomic E-state index is 14.4. The van der Waals surface area contributed by atoms with Gasteiger partial charge in [0.15, 0.2) is 0 Å². The van der Waals surface area contributed by atoms with E-state index in [0.717, 1.165) is 28.5 Å². The van der Waals surface area contributed by atoms with Crippen molar-refractivity contribution in [1.29, 1.82) is 0 Å². The molecule has 0 unspecified atom stereocenters. The fourth-order valence-electron chi connectivity index (χ4n) is 2.52. The van der Waals surface area contributed by atoms with E-state index in [1.165, 1.54) is 6.08 Å². The molecule has 1 rings (SSSR count). The van der Waals surface area contributed by atoms with Crippen LogP contribution in [-0.4, -0.2) is 12.0 Å². The lowest BCUT2D eigenvalue weighted by Gasteiger charge is -2.09. The van der Waals surface area contributed by atoms with Crippen molar-refractivity contribution in [2.24, 2.45) is 0 Å². The van der Waals surface area contributed by atoms with Gasteiger partial charge in [0, 0.05) is 31.2 Å². The number of pyridine rings is 1. The highest BCUT2D eigenvalue weighted by Gasteiger charge is 2.08. The van der Waals surface area contributed by atoms with Gasteiger partial charge in [0.25, 0.3) is 0 Å². The van der Waals surface area contributed by atoms with Gasteiger partial charge in [-0.15, -0.1) is 0 Å². The topological polar surface area (TPSA) is 24.9 Å². The summed E-state index contributed by atoms with van der Waals surface area (Å²) in [4.78, 5) is 4.12. The fourth-order valence-corrected chi connectivity index (χ4v) is 2.52. The first kappa shape index (κ1) is 22.6. The average Bonchev–Trinajstić information content (AvgIpc) is 2.66. The van der Waals surface area contributed by atoms with Crippen molar-refractivity contribution in [3.05, 3.63) is 82.4 Å². The number of rotatable bonds is 9. The van der Waals surface area contributed by atoms with Crippen LogP contribution in [0.4, 0.5) is 8.78 Å². The zero-order chi connectivity index (χ0) is 20.2. The predicted octanol–water partition coefficient (Wildman–Crippen LogP) is 6.74. The molecule has 0 radical (unpaired) electrons. The normalized spacial score (nSPS) is 14.6. The molecule has 27 heavy (non-hydrogen) atoms. The molecule has 1 heterocycles. The minimum Gasteiger partial charge on any atom is -0.392 e. The Kier molecular flexibility index (Phi) is 10.0. The van der Waals surface area contributed by atoms with Gasteiger partial charge in [0.2, 0.25) is 0 Å². The number of hydrogen-bond donors (Lipinski definition) is 1. The van der Waals surface area contributed by atoms with E-state index < -0.39 is 11.7 Å².